The van der Waals surface area contributed by atoms with Gasteiger partial charge in [-0.25, -0.2) is 0 Å². The smallest absolute Gasteiger partial charge is 0.243 e. The minimum Gasteiger partial charge on any atom is -0.350 e. The number of hydrogen-bond acceptors (Lipinski definition) is 4. The lowest BCUT2D eigenvalue weighted by Gasteiger charge is -2.22. The van der Waals surface area contributed by atoms with E-state index in [-0.39, 0.29) is 29.6 Å². The van der Waals surface area contributed by atoms with E-state index in [0.29, 0.717) is 19.4 Å². The molecule has 2 aliphatic rings. The van der Waals surface area contributed by atoms with E-state index in [1.165, 1.54) is 0 Å². The summed E-state index contributed by atoms with van der Waals surface area (Å²) in [5.41, 5.74) is 0.866. The Morgan fingerprint density at radius 1 is 1.30 bits per heavy atom. The number of nitrogens with zero attached hydrogens (tertiary/aromatic N) is 2. The summed E-state index contributed by atoms with van der Waals surface area (Å²) in [4.78, 5) is 42.3. The zero-order valence-electron chi connectivity index (χ0n) is 12.9. The number of carbonyl (C=O) groups excluding carboxylic acids is 3. The molecular weight excluding hydrogens is 294 g/mol. The van der Waals surface area contributed by atoms with E-state index in [0.717, 1.165) is 10.5 Å². The molecule has 1 aromatic rings. The maximum absolute atomic E-state index is 12.5. The highest BCUT2D eigenvalue weighted by atomic mass is 16.2. The predicted octanol–water partition coefficient (Wildman–Crippen LogP) is 1.04. The van der Waals surface area contributed by atoms with E-state index in [1.807, 2.05) is 18.2 Å². The van der Waals surface area contributed by atoms with Crippen LogP contribution in [0.5, 0.6) is 0 Å². The van der Waals surface area contributed by atoms with Gasteiger partial charge in [0.15, 0.2) is 0 Å². The molecule has 0 unspecified atom stereocenters. The Labute approximate surface area is 134 Å². The van der Waals surface area contributed by atoms with Crippen LogP contribution in [-0.2, 0) is 20.9 Å². The van der Waals surface area contributed by atoms with Gasteiger partial charge in [-0.1, -0.05) is 18.2 Å². The number of hydrogen-bond donors (Lipinski definition) is 1. The van der Waals surface area contributed by atoms with Gasteiger partial charge in [-0.05, 0) is 31.4 Å². The van der Waals surface area contributed by atoms with Gasteiger partial charge in [-0.3, -0.25) is 24.3 Å². The molecule has 0 aromatic carbocycles. The molecule has 6 nitrogen and oxygen atoms in total. The van der Waals surface area contributed by atoms with Gasteiger partial charge >= 0.3 is 0 Å². The van der Waals surface area contributed by atoms with Crippen molar-refractivity contribution in [3.05, 3.63) is 42.2 Å². The maximum atomic E-state index is 12.5. The monoisotopic (exact) mass is 313 g/mol. The third-order valence-corrected chi connectivity index (χ3v) is 4.50. The van der Waals surface area contributed by atoms with Crippen LogP contribution in [0, 0.1) is 11.8 Å². The summed E-state index contributed by atoms with van der Waals surface area (Å²) in [6, 6.07) is 2.85. The van der Waals surface area contributed by atoms with Crippen molar-refractivity contribution >= 4 is 17.7 Å². The lowest BCUT2D eigenvalue weighted by molar-refractivity contribution is -0.147. The van der Waals surface area contributed by atoms with Crippen molar-refractivity contribution in [2.45, 2.75) is 32.4 Å². The molecule has 23 heavy (non-hydrogen) atoms. The van der Waals surface area contributed by atoms with Gasteiger partial charge in [0.1, 0.15) is 6.04 Å². The largest absolute Gasteiger partial charge is 0.350 e. The van der Waals surface area contributed by atoms with Gasteiger partial charge in [0.25, 0.3) is 0 Å². The third kappa shape index (κ3) is 2.88. The second-order valence-electron chi connectivity index (χ2n) is 5.96. The van der Waals surface area contributed by atoms with E-state index < -0.39 is 6.04 Å². The second kappa shape index (κ2) is 6.32. The topological polar surface area (TPSA) is 79.4 Å². The number of carbonyl (C=O) groups is 3. The first kappa shape index (κ1) is 15.4. The van der Waals surface area contributed by atoms with Gasteiger partial charge in [-0.15, -0.1) is 0 Å². The van der Waals surface area contributed by atoms with Crippen LogP contribution in [0.1, 0.15) is 25.3 Å². The molecule has 6 heteroatoms. The number of aromatic nitrogens is 1. The molecule has 120 valence electrons. The standard InChI is InChI=1S/C17H19N3O3/c1-11(15(21)19-10-12-5-4-8-18-9-12)20-16(22)13-6-2-3-7-14(13)17(20)23/h2-5,8-9,11,13-14H,6-7,10H2,1H3,(H,19,21)/t11-,13+,14+/m1/s1. The van der Waals surface area contributed by atoms with E-state index >= 15 is 0 Å². The molecule has 2 heterocycles. The summed E-state index contributed by atoms with van der Waals surface area (Å²) in [6.45, 7) is 1.92. The Kier molecular flexibility index (Phi) is 4.23. The number of nitrogens with one attached hydrogen (secondary N) is 1. The molecule has 0 spiro atoms. The number of amides is 3. The van der Waals surface area contributed by atoms with Crippen molar-refractivity contribution in [2.24, 2.45) is 11.8 Å². The highest BCUT2D eigenvalue weighted by Crippen LogP contribution is 2.36. The van der Waals surface area contributed by atoms with Crippen LogP contribution in [0.3, 0.4) is 0 Å². The average Bonchev–Trinajstić information content (AvgIpc) is 2.84. The van der Waals surface area contributed by atoms with E-state index in [4.69, 9.17) is 0 Å². The fourth-order valence-electron chi connectivity index (χ4n) is 3.16. The van der Waals surface area contributed by atoms with Gasteiger partial charge in [0.2, 0.25) is 17.7 Å². The third-order valence-electron chi connectivity index (χ3n) is 4.50. The Morgan fingerprint density at radius 3 is 2.52 bits per heavy atom. The molecule has 3 atom stereocenters. The van der Waals surface area contributed by atoms with Crippen molar-refractivity contribution in [1.82, 2.24) is 15.2 Å². The fourth-order valence-corrected chi connectivity index (χ4v) is 3.16. The van der Waals surface area contributed by atoms with Crippen LogP contribution in [0.4, 0.5) is 0 Å². The number of rotatable bonds is 4. The molecule has 1 aliphatic carbocycles. The zero-order chi connectivity index (χ0) is 16.4. The minimum atomic E-state index is -0.794. The molecular formula is C17H19N3O3. The molecule has 1 aliphatic heterocycles. The quantitative estimate of drug-likeness (QED) is 0.665. The summed E-state index contributed by atoms with van der Waals surface area (Å²) >= 11 is 0. The van der Waals surface area contributed by atoms with Crippen molar-refractivity contribution in [3.8, 4) is 0 Å². The van der Waals surface area contributed by atoms with E-state index in [1.54, 1.807) is 25.4 Å². The van der Waals surface area contributed by atoms with Crippen LogP contribution in [0.25, 0.3) is 0 Å². The van der Waals surface area contributed by atoms with E-state index in [2.05, 4.69) is 10.3 Å². The van der Waals surface area contributed by atoms with Crippen molar-refractivity contribution in [3.63, 3.8) is 0 Å². The first-order valence-electron chi connectivity index (χ1n) is 7.78. The SMILES string of the molecule is C[C@H](C(=O)NCc1cccnc1)N1C(=O)[C@H]2CC=CC[C@@H]2C1=O. The molecule has 1 saturated heterocycles. The normalized spacial score (nSPS) is 24.5. The lowest BCUT2D eigenvalue weighted by Crippen LogP contribution is -2.48. The number of allylic oxidation sites excluding steroid dienone is 2. The predicted molar refractivity (Wildman–Crippen MR) is 82.8 cm³/mol. The van der Waals surface area contributed by atoms with Gasteiger partial charge < -0.3 is 5.32 Å². The molecule has 0 saturated carbocycles. The molecule has 1 N–H and O–H groups in total. The molecule has 1 aromatic heterocycles. The Balaban J connectivity index is 1.65. The Hall–Kier alpha value is -2.50. The molecule has 0 bridgehead atoms. The molecule has 3 amide bonds. The highest BCUT2D eigenvalue weighted by molar-refractivity contribution is 6.08. The summed E-state index contributed by atoms with van der Waals surface area (Å²) in [7, 11) is 0. The summed E-state index contributed by atoms with van der Waals surface area (Å²) in [5, 5.41) is 2.76. The maximum Gasteiger partial charge on any atom is 0.243 e. The van der Waals surface area contributed by atoms with Crippen molar-refractivity contribution in [2.75, 3.05) is 0 Å². The number of pyridine rings is 1. The average molecular weight is 313 g/mol. The molecule has 0 radical (unpaired) electrons. The Morgan fingerprint density at radius 2 is 1.96 bits per heavy atom. The fraction of sp³-hybridized carbons (Fsp3) is 0.412. The molecule has 3 rings (SSSR count). The van der Waals surface area contributed by atoms with Crippen LogP contribution in [0.2, 0.25) is 0 Å². The first-order valence-corrected chi connectivity index (χ1v) is 7.78. The highest BCUT2D eigenvalue weighted by Gasteiger charge is 2.49. The Bertz CT molecular complexity index is 630. The molecule has 1 fully saturated rings. The summed E-state index contributed by atoms with van der Waals surface area (Å²) < 4.78 is 0. The van der Waals surface area contributed by atoms with Gasteiger partial charge in [0.05, 0.1) is 11.8 Å². The van der Waals surface area contributed by atoms with Crippen LogP contribution in [0.15, 0.2) is 36.7 Å². The van der Waals surface area contributed by atoms with Gasteiger partial charge in [0, 0.05) is 18.9 Å². The number of imide groups is 1. The van der Waals surface area contributed by atoms with E-state index in [9.17, 15) is 14.4 Å². The summed E-state index contributed by atoms with van der Waals surface area (Å²) in [5.74, 6) is -1.40. The minimum absolute atomic E-state index is 0.228. The second-order valence-corrected chi connectivity index (χ2v) is 5.96. The lowest BCUT2D eigenvalue weighted by atomic mass is 9.85. The zero-order valence-corrected chi connectivity index (χ0v) is 12.9. The van der Waals surface area contributed by atoms with Crippen LogP contribution < -0.4 is 5.32 Å². The number of likely N-dealkylation sites (tertiary alicyclic amines) is 1. The first-order chi connectivity index (χ1) is 11.1. The van der Waals surface area contributed by atoms with Crippen LogP contribution >= 0.6 is 0 Å². The van der Waals surface area contributed by atoms with Crippen molar-refractivity contribution < 1.29 is 14.4 Å². The van der Waals surface area contributed by atoms with Crippen LogP contribution in [-0.4, -0.2) is 33.6 Å². The summed E-state index contributed by atoms with van der Waals surface area (Å²) in [6.07, 6.45) is 8.35. The number of fused-ring (bicyclic) bond motifs is 1. The van der Waals surface area contributed by atoms with Gasteiger partial charge in [-0.2, -0.15) is 0 Å². The van der Waals surface area contributed by atoms with Crippen molar-refractivity contribution in [1.29, 1.82) is 0 Å².